The molecule has 2 heterocycles. The van der Waals surface area contributed by atoms with E-state index in [0.717, 1.165) is 28.6 Å². The van der Waals surface area contributed by atoms with Crippen LogP contribution in [0.3, 0.4) is 0 Å². The first-order valence-corrected chi connectivity index (χ1v) is 10.9. The van der Waals surface area contributed by atoms with Crippen LogP contribution >= 0.6 is 0 Å². The van der Waals surface area contributed by atoms with Gasteiger partial charge in [-0.1, -0.05) is 30.3 Å². The number of nitrogens with zero attached hydrogens (tertiary/aromatic N) is 4. The van der Waals surface area contributed by atoms with Crippen molar-refractivity contribution in [3.63, 3.8) is 0 Å². The van der Waals surface area contributed by atoms with Crippen LogP contribution in [-0.2, 0) is 24.1 Å². The van der Waals surface area contributed by atoms with Gasteiger partial charge < -0.3 is 14.4 Å². The molecular weight excluding hydrogens is 473 g/mol. The maximum Gasteiger partial charge on any atom is 0.416 e. The number of alkyl halides is 3. The van der Waals surface area contributed by atoms with Gasteiger partial charge in [0, 0.05) is 22.7 Å². The van der Waals surface area contributed by atoms with Crippen molar-refractivity contribution in [2.75, 3.05) is 0 Å². The van der Waals surface area contributed by atoms with Crippen LogP contribution in [0.25, 0.3) is 27.8 Å². The molecule has 0 unspecified atom stereocenters. The Labute approximate surface area is 203 Å². The molecule has 3 aromatic carbocycles. The lowest BCUT2D eigenvalue weighted by Gasteiger charge is -2.07. The van der Waals surface area contributed by atoms with Gasteiger partial charge >= 0.3 is 12.1 Å². The maximum absolute atomic E-state index is 12.9. The summed E-state index contributed by atoms with van der Waals surface area (Å²) in [5.74, 6) is -0.379. The van der Waals surface area contributed by atoms with Gasteiger partial charge in [0.05, 0.1) is 11.3 Å². The fourth-order valence-electron chi connectivity index (χ4n) is 3.86. The van der Waals surface area contributed by atoms with E-state index in [1.807, 2.05) is 30.3 Å². The van der Waals surface area contributed by atoms with E-state index in [1.54, 1.807) is 35.0 Å². The smallest absolute Gasteiger partial charge is 0.416 e. The average molecular weight is 492 g/mol. The molecule has 2 aromatic heterocycles. The van der Waals surface area contributed by atoms with E-state index in [9.17, 15) is 18.0 Å². The number of rotatable bonds is 7. The molecule has 0 atom stereocenters. The summed E-state index contributed by atoms with van der Waals surface area (Å²) < 4.78 is 46.4. The first-order chi connectivity index (χ1) is 17.3. The molecule has 0 saturated carbocycles. The van der Waals surface area contributed by atoms with Crippen molar-refractivity contribution in [1.29, 1.82) is 0 Å². The monoisotopic (exact) mass is 492 g/mol. The summed E-state index contributed by atoms with van der Waals surface area (Å²) >= 11 is 0. The first-order valence-electron chi connectivity index (χ1n) is 10.9. The van der Waals surface area contributed by atoms with Crippen molar-refractivity contribution < 1.29 is 27.8 Å². The second kappa shape index (κ2) is 9.21. The second-order valence-corrected chi connectivity index (χ2v) is 8.04. The van der Waals surface area contributed by atoms with Crippen LogP contribution in [0.15, 0.2) is 85.1 Å². The molecule has 0 saturated heterocycles. The number of fused-ring (bicyclic) bond motifs is 1. The third-order valence-corrected chi connectivity index (χ3v) is 5.58. The third-order valence-electron chi connectivity index (χ3n) is 5.58. The molecular formula is C26H19F3N4O3. The van der Waals surface area contributed by atoms with Crippen molar-refractivity contribution in [3.05, 3.63) is 96.3 Å². The topological polar surface area (TPSA) is 82.2 Å². The van der Waals surface area contributed by atoms with Crippen molar-refractivity contribution in [2.45, 2.75) is 19.3 Å². The largest absolute Gasteiger partial charge is 0.487 e. The highest BCUT2D eigenvalue weighted by molar-refractivity contribution is 5.83. The highest BCUT2D eigenvalue weighted by atomic mass is 19.4. The minimum atomic E-state index is -4.43. The summed E-state index contributed by atoms with van der Waals surface area (Å²) in [6.45, 7) is -0.0800. The molecule has 36 heavy (non-hydrogen) atoms. The quantitative estimate of drug-likeness (QED) is 0.321. The summed E-state index contributed by atoms with van der Waals surface area (Å²) in [4.78, 5) is 12.3. The SMILES string of the molecule is O=C(O)Cn1ccc2cc(OCc3nn(-c4ccc(C(F)(F)F)cc4)nc3-c3ccccc3)ccc21. The highest BCUT2D eigenvalue weighted by Gasteiger charge is 2.30. The maximum atomic E-state index is 12.9. The fraction of sp³-hybridized carbons (Fsp3) is 0.115. The molecule has 1 N–H and O–H groups in total. The van der Waals surface area contributed by atoms with Gasteiger partial charge in [-0.3, -0.25) is 4.79 Å². The van der Waals surface area contributed by atoms with E-state index in [1.165, 1.54) is 16.9 Å². The Morgan fingerprint density at radius 3 is 2.39 bits per heavy atom. The Hall–Kier alpha value is -4.60. The lowest BCUT2D eigenvalue weighted by Crippen LogP contribution is -2.07. The Bertz CT molecular complexity index is 1520. The average Bonchev–Trinajstić information content (AvgIpc) is 3.47. The number of carboxylic acids is 1. The molecule has 5 aromatic rings. The number of aliphatic carboxylic acids is 1. The number of aromatic nitrogens is 4. The number of halogens is 3. The molecule has 0 radical (unpaired) electrons. The summed E-state index contributed by atoms with van der Waals surface area (Å²) in [6.07, 6.45) is -2.73. The zero-order chi connectivity index (χ0) is 25.3. The summed E-state index contributed by atoms with van der Waals surface area (Å²) in [7, 11) is 0. The second-order valence-electron chi connectivity index (χ2n) is 8.04. The molecule has 0 aliphatic heterocycles. The zero-order valence-electron chi connectivity index (χ0n) is 18.7. The standard InChI is InChI=1S/C26H19F3N4O3/c27-26(28,29)19-6-8-20(9-7-19)33-30-22(25(31-33)17-4-2-1-3-5-17)16-36-21-10-11-23-18(14-21)12-13-32(23)15-24(34)35/h1-14H,15-16H2,(H,34,35). The van der Waals surface area contributed by atoms with Crippen molar-refractivity contribution >= 4 is 16.9 Å². The van der Waals surface area contributed by atoms with Crippen LogP contribution < -0.4 is 4.74 Å². The Kier molecular flexibility index (Phi) is 5.93. The predicted molar refractivity (Wildman–Crippen MR) is 126 cm³/mol. The van der Waals surface area contributed by atoms with Crippen LogP contribution in [0.5, 0.6) is 5.75 Å². The third kappa shape index (κ3) is 4.78. The molecule has 0 fully saturated rings. The predicted octanol–water partition coefficient (Wildman–Crippen LogP) is 5.57. The van der Waals surface area contributed by atoms with Gasteiger partial charge in [-0.15, -0.1) is 10.2 Å². The fourth-order valence-corrected chi connectivity index (χ4v) is 3.86. The van der Waals surface area contributed by atoms with Gasteiger partial charge in [-0.05, 0) is 48.5 Å². The molecule has 0 spiro atoms. The number of carbonyl (C=O) groups is 1. The van der Waals surface area contributed by atoms with Gasteiger partial charge in [0.15, 0.2) is 0 Å². The molecule has 10 heteroatoms. The first kappa shape index (κ1) is 23.2. The van der Waals surface area contributed by atoms with Gasteiger partial charge in [0.1, 0.15) is 30.3 Å². The van der Waals surface area contributed by atoms with Crippen LogP contribution in [0, 0.1) is 0 Å². The van der Waals surface area contributed by atoms with E-state index in [0.29, 0.717) is 22.8 Å². The van der Waals surface area contributed by atoms with Gasteiger partial charge in [-0.25, -0.2) is 0 Å². The Morgan fingerprint density at radius 2 is 1.69 bits per heavy atom. The summed E-state index contributed by atoms with van der Waals surface area (Å²) in [6, 6.07) is 21.0. The van der Waals surface area contributed by atoms with Crippen molar-refractivity contribution in [2.24, 2.45) is 0 Å². The molecule has 0 aliphatic rings. The molecule has 5 rings (SSSR count). The Morgan fingerprint density at radius 1 is 0.944 bits per heavy atom. The van der Waals surface area contributed by atoms with Crippen molar-refractivity contribution in [1.82, 2.24) is 19.6 Å². The molecule has 0 amide bonds. The number of hydrogen-bond donors (Lipinski definition) is 1. The summed E-state index contributed by atoms with van der Waals surface area (Å²) in [5, 5.41) is 18.9. The van der Waals surface area contributed by atoms with Crippen LogP contribution in [0.1, 0.15) is 11.3 Å². The zero-order valence-corrected chi connectivity index (χ0v) is 18.7. The summed E-state index contributed by atoms with van der Waals surface area (Å²) in [5.41, 5.74) is 2.23. The van der Waals surface area contributed by atoms with Gasteiger partial charge in [0.25, 0.3) is 0 Å². The van der Waals surface area contributed by atoms with Gasteiger partial charge in [-0.2, -0.15) is 18.0 Å². The molecule has 182 valence electrons. The molecule has 0 aliphatic carbocycles. The van der Waals surface area contributed by atoms with E-state index >= 15 is 0 Å². The number of hydrogen-bond acceptors (Lipinski definition) is 4. The van der Waals surface area contributed by atoms with Crippen molar-refractivity contribution in [3.8, 4) is 22.7 Å². The lowest BCUT2D eigenvalue weighted by atomic mass is 10.1. The molecule has 7 nitrogen and oxygen atoms in total. The van der Waals surface area contributed by atoms with Crippen LogP contribution in [-0.4, -0.2) is 30.6 Å². The minimum absolute atomic E-state index is 0.0617. The lowest BCUT2D eigenvalue weighted by molar-refractivity contribution is -0.138. The number of benzene rings is 3. The minimum Gasteiger partial charge on any atom is -0.487 e. The molecule has 0 bridgehead atoms. The van der Waals surface area contributed by atoms with E-state index in [2.05, 4.69) is 10.2 Å². The van der Waals surface area contributed by atoms with Gasteiger partial charge in [0.2, 0.25) is 0 Å². The van der Waals surface area contributed by atoms with E-state index in [4.69, 9.17) is 9.84 Å². The van der Waals surface area contributed by atoms with Crippen LogP contribution in [0.4, 0.5) is 13.2 Å². The van der Waals surface area contributed by atoms with E-state index in [-0.39, 0.29) is 13.2 Å². The normalized spacial score (nSPS) is 11.6. The highest BCUT2D eigenvalue weighted by Crippen LogP contribution is 2.30. The van der Waals surface area contributed by atoms with E-state index < -0.39 is 17.7 Å². The Balaban J connectivity index is 1.43. The number of ether oxygens (including phenoxy) is 1. The number of carboxylic acid groups (broad SMARTS) is 1. The van der Waals surface area contributed by atoms with Crippen LogP contribution in [0.2, 0.25) is 0 Å².